The van der Waals surface area contributed by atoms with E-state index in [1.54, 1.807) is 0 Å². The van der Waals surface area contributed by atoms with Gasteiger partial charge in [-0.3, -0.25) is 4.79 Å². The Hall–Kier alpha value is -1.64. The fourth-order valence-corrected chi connectivity index (χ4v) is 3.97. The maximum atomic E-state index is 12.8. The van der Waals surface area contributed by atoms with Gasteiger partial charge in [-0.25, -0.2) is 8.42 Å². The predicted octanol–water partition coefficient (Wildman–Crippen LogP) is 1.49. The van der Waals surface area contributed by atoms with E-state index in [1.807, 2.05) is 0 Å². The van der Waals surface area contributed by atoms with E-state index in [4.69, 9.17) is 9.47 Å². The minimum atomic E-state index is -3.66. The Kier molecular flexibility index (Phi) is 6.80. The smallest absolute Gasteiger partial charge is 0.255 e. The highest BCUT2D eigenvalue weighted by Gasteiger charge is 2.28. The fraction of sp³-hybridized carbons (Fsp3) is 0.588. The number of methoxy groups -OCH3 is 1. The van der Waals surface area contributed by atoms with Crippen molar-refractivity contribution in [3.8, 4) is 5.75 Å². The first-order valence-corrected chi connectivity index (χ1v) is 9.84. The van der Waals surface area contributed by atoms with Crippen LogP contribution in [-0.2, 0) is 14.8 Å². The van der Waals surface area contributed by atoms with Crippen LogP contribution in [-0.4, -0.2) is 58.6 Å². The number of morpholine rings is 1. The summed E-state index contributed by atoms with van der Waals surface area (Å²) in [6.07, 6.45) is 0.847. The Balaban J connectivity index is 2.25. The van der Waals surface area contributed by atoms with Gasteiger partial charge in [0.05, 0.1) is 30.8 Å². The molecule has 2 rings (SSSR count). The number of sulfonamides is 1. The molecule has 0 radical (unpaired) electrons. The first-order chi connectivity index (χ1) is 11.9. The van der Waals surface area contributed by atoms with Gasteiger partial charge in [0.25, 0.3) is 5.91 Å². The third-order valence-corrected chi connectivity index (χ3v) is 5.93. The summed E-state index contributed by atoms with van der Waals surface area (Å²) in [4.78, 5) is 12.5. The van der Waals surface area contributed by atoms with Crippen LogP contribution in [0.2, 0.25) is 0 Å². The second kappa shape index (κ2) is 8.64. The number of carbonyl (C=O) groups excluding carboxylic acids is 1. The Bertz CT molecular complexity index is 697. The van der Waals surface area contributed by atoms with E-state index < -0.39 is 10.0 Å². The van der Waals surface area contributed by atoms with Crippen molar-refractivity contribution in [2.45, 2.75) is 25.2 Å². The van der Waals surface area contributed by atoms with Gasteiger partial charge in [-0.2, -0.15) is 4.31 Å². The molecule has 1 N–H and O–H groups in total. The number of ether oxygens (including phenoxy) is 2. The number of rotatable bonds is 7. The molecule has 7 nitrogen and oxygen atoms in total. The quantitative estimate of drug-likeness (QED) is 0.786. The Morgan fingerprint density at radius 2 is 2.00 bits per heavy atom. The SMILES string of the molecule is COc1ccc(S(=O)(=O)N2CCOCC2)cc1C(=O)NCCC(C)C. The van der Waals surface area contributed by atoms with E-state index in [-0.39, 0.29) is 16.4 Å². The van der Waals surface area contributed by atoms with Crippen LogP contribution in [0.4, 0.5) is 0 Å². The zero-order valence-corrected chi connectivity index (χ0v) is 15.8. The summed E-state index contributed by atoms with van der Waals surface area (Å²) < 4.78 is 37.3. The van der Waals surface area contributed by atoms with Gasteiger partial charge in [-0.15, -0.1) is 0 Å². The maximum Gasteiger partial charge on any atom is 0.255 e. The van der Waals surface area contributed by atoms with Gasteiger partial charge in [0, 0.05) is 19.6 Å². The lowest BCUT2D eigenvalue weighted by Gasteiger charge is -2.26. The van der Waals surface area contributed by atoms with Gasteiger partial charge in [0.15, 0.2) is 0 Å². The Morgan fingerprint density at radius 3 is 2.60 bits per heavy atom. The van der Waals surface area contributed by atoms with Crippen molar-refractivity contribution in [2.24, 2.45) is 5.92 Å². The summed E-state index contributed by atoms with van der Waals surface area (Å²) in [5.41, 5.74) is 0.223. The van der Waals surface area contributed by atoms with Crippen molar-refractivity contribution in [1.82, 2.24) is 9.62 Å². The summed E-state index contributed by atoms with van der Waals surface area (Å²) >= 11 is 0. The molecular formula is C17H26N2O5S. The van der Waals surface area contributed by atoms with Crippen LogP contribution in [0.25, 0.3) is 0 Å². The summed E-state index contributed by atoms with van der Waals surface area (Å²) in [5, 5.41) is 2.82. The number of benzene rings is 1. The molecule has 140 valence electrons. The summed E-state index contributed by atoms with van der Waals surface area (Å²) in [6.45, 7) is 6.04. The maximum absolute atomic E-state index is 12.8. The molecular weight excluding hydrogens is 344 g/mol. The molecule has 0 unspecified atom stereocenters. The number of nitrogens with zero attached hydrogens (tertiary/aromatic N) is 1. The molecule has 1 saturated heterocycles. The monoisotopic (exact) mass is 370 g/mol. The number of amides is 1. The van der Waals surface area contributed by atoms with Gasteiger partial charge in [-0.1, -0.05) is 13.8 Å². The van der Waals surface area contributed by atoms with Crippen LogP contribution in [0, 0.1) is 5.92 Å². The summed E-state index contributed by atoms with van der Waals surface area (Å²) in [5.74, 6) is 0.481. The average Bonchev–Trinajstić information content (AvgIpc) is 2.61. The van der Waals surface area contributed by atoms with Crippen LogP contribution < -0.4 is 10.1 Å². The Labute approximate surface area is 149 Å². The van der Waals surface area contributed by atoms with Crippen molar-refractivity contribution < 1.29 is 22.7 Å². The first kappa shape index (κ1) is 19.7. The normalized spacial score (nSPS) is 16.0. The van der Waals surface area contributed by atoms with Gasteiger partial charge in [0.1, 0.15) is 5.75 Å². The molecule has 1 amide bonds. The van der Waals surface area contributed by atoms with Gasteiger partial charge < -0.3 is 14.8 Å². The minimum Gasteiger partial charge on any atom is -0.496 e. The Morgan fingerprint density at radius 1 is 1.32 bits per heavy atom. The number of hydrogen-bond acceptors (Lipinski definition) is 5. The topological polar surface area (TPSA) is 84.9 Å². The lowest BCUT2D eigenvalue weighted by Crippen LogP contribution is -2.40. The lowest BCUT2D eigenvalue weighted by molar-refractivity contribution is 0.0730. The molecule has 1 aromatic carbocycles. The van der Waals surface area contributed by atoms with Crippen molar-refractivity contribution in [3.05, 3.63) is 23.8 Å². The average molecular weight is 370 g/mol. The first-order valence-electron chi connectivity index (χ1n) is 8.40. The molecule has 0 spiro atoms. The lowest BCUT2D eigenvalue weighted by atomic mass is 10.1. The van der Waals surface area contributed by atoms with E-state index in [1.165, 1.54) is 29.6 Å². The third-order valence-electron chi connectivity index (χ3n) is 4.03. The van der Waals surface area contributed by atoms with E-state index >= 15 is 0 Å². The molecule has 25 heavy (non-hydrogen) atoms. The summed E-state index contributed by atoms with van der Waals surface area (Å²) in [7, 11) is -2.20. The van der Waals surface area contributed by atoms with Crippen LogP contribution in [0.15, 0.2) is 23.1 Å². The van der Waals surface area contributed by atoms with E-state index in [9.17, 15) is 13.2 Å². The van der Waals surface area contributed by atoms with E-state index in [0.717, 1.165) is 6.42 Å². The molecule has 0 saturated carbocycles. The molecule has 8 heteroatoms. The number of carbonyl (C=O) groups is 1. The highest BCUT2D eigenvalue weighted by atomic mass is 32.2. The third kappa shape index (κ3) is 4.93. The van der Waals surface area contributed by atoms with Crippen molar-refractivity contribution in [2.75, 3.05) is 40.0 Å². The number of hydrogen-bond donors (Lipinski definition) is 1. The summed E-state index contributed by atoms with van der Waals surface area (Å²) in [6, 6.07) is 4.37. The molecule has 1 aliphatic heterocycles. The second-order valence-corrected chi connectivity index (χ2v) is 8.25. The molecule has 1 aliphatic rings. The van der Waals surface area contributed by atoms with Gasteiger partial charge >= 0.3 is 0 Å². The van der Waals surface area contributed by atoms with Crippen LogP contribution in [0.1, 0.15) is 30.6 Å². The molecule has 0 bridgehead atoms. The van der Waals surface area contributed by atoms with Crippen LogP contribution in [0.5, 0.6) is 5.75 Å². The second-order valence-electron chi connectivity index (χ2n) is 6.32. The molecule has 0 aliphatic carbocycles. The van der Waals surface area contributed by atoms with Gasteiger partial charge in [0.2, 0.25) is 10.0 Å². The minimum absolute atomic E-state index is 0.0872. The predicted molar refractivity (Wildman–Crippen MR) is 94.4 cm³/mol. The molecule has 0 aromatic heterocycles. The van der Waals surface area contributed by atoms with Crippen LogP contribution in [0.3, 0.4) is 0 Å². The van der Waals surface area contributed by atoms with Crippen molar-refractivity contribution >= 4 is 15.9 Å². The van der Waals surface area contributed by atoms with E-state index in [0.29, 0.717) is 44.5 Å². The fourth-order valence-electron chi connectivity index (χ4n) is 2.53. The molecule has 1 fully saturated rings. The number of nitrogens with one attached hydrogen (secondary N) is 1. The zero-order chi connectivity index (χ0) is 18.4. The zero-order valence-electron chi connectivity index (χ0n) is 14.9. The standard InChI is InChI=1S/C17H26N2O5S/c1-13(2)6-7-18-17(20)15-12-14(4-5-16(15)23-3)25(21,22)19-8-10-24-11-9-19/h4-5,12-13H,6-11H2,1-3H3,(H,18,20). The largest absolute Gasteiger partial charge is 0.496 e. The van der Waals surface area contributed by atoms with Crippen molar-refractivity contribution in [3.63, 3.8) is 0 Å². The molecule has 0 atom stereocenters. The molecule has 1 aromatic rings. The van der Waals surface area contributed by atoms with Crippen LogP contribution >= 0.6 is 0 Å². The van der Waals surface area contributed by atoms with E-state index in [2.05, 4.69) is 19.2 Å². The van der Waals surface area contributed by atoms with Crippen molar-refractivity contribution in [1.29, 1.82) is 0 Å². The van der Waals surface area contributed by atoms with Gasteiger partial charge in [-0.05, 0) is 30.5 Å². The highest BCUT2D eigenvalue weighted by molar-refractivity contribution is 7.89. The molecule has 1 heterocycles. The highest BCUT2D eigenvalue weighted by Crippen LogP contribution is 2.25.